The number of alkyl halides is 3. The molecule has 0 aliphatic carbocycles. The Hall–Kier alpha value is -2.14. The average Bonchev–Trinajstić information content (AvgIpc) is 2.64. The fourth-order valence-corrected chi connectivity index (χ4v) is 3.90. The monoisotopic (exact) mass is 531 g/mol. The molecular weight excluding hydrogens is 510 g/mol. The number of nitrogens with one attached hydrogen (secondary N) is 1. The first-order valence-corrected chi connectivity index (χ1v) is 10.4. The molecule has 0 bridgehead atoms. The second-order valence-electron chi connectivity index (χ2n) is 7.28. The number of carbonyl (C=O) groups is 2. The molecule has 0 aromatic heterocycles. The maximum absolute atomic E-state index is 13.6. The van der Waals surface area contributed by atoms with Crippen LogP contribution < -0.4 is 5.32 Å². The molecule has 1 saturated heterocycles. The predicted octanol–water partition coefficient (Wildman–Crippen LogP) is 3.77. The Bertz CT molecular complexity index is 949. The van der Waals surface area contributed by atoms with E-state index in [1.807, 2.05) is 23.1 Å². The third kappa shape index (κ3) is 5.94. The number of nitrogens with zero attached hydrogens (tertiary/aromatic N) is 2. The van der Waals surface area contributed by atoms with Crippen LogP contribution in [0, 0.1) is 3.57 Å². The lowest BCUT2D eigenvalue weighted by Crippen LogP contribution is -2.48. The Morgan fingerprint density at radius 1 is 1.17 bits per heavy atom. The smallest absolute Gasteiger partial charge is 0.336 e. The van der Waals surface area contributed by atoms with Crippen LogP contribution in [0.4, 0.5) is 18.9 Å². The van der Waals surface area contributed by atoms with Gasteiger partial charge in [-0.15, -0.1) is 0 Å². The Balaban J connectivity index is 1.75. The van der Waals surface area contributed by atoms with Crippen LogP contribution in [0.25, 0.3) is 0 Å². The highest BCUT2D eigenvalue weighted by Gasteiger charge is 2.35. The predicted molar refractivity (Wildman–Crippen MR) is 116 cm³/mol. The largest absolute Gasteiger partial charge is 0.416 e. The van der Waals surface area contributed by atoms with Gasteiger partial charge in [-0.2, -0.15) is 13.2 Å². The topological polar surface area (TPSA) is 52.6 Å². The Kier molecular flexibility index (Phi) is 7.02. The van der Waals surface area contributed by atoms with Gasteiger partial charge in [-0.1, -0.05) is 18.2 Å². The van der Waals surface area contributed by atoms with Gasteiger partial charge in [0.05, 0.1) is 18.5 Å². The van der Waals surface area contributed by atoms with Gasteiger partial charge in [-0.3, -0.25) is 14.5 Å². The fraction of sp³-hybridized carbons (Fsp3) is 0.333. The van der Waals surface area contributed by atoms with Crippen LogP contribution in [0.3, 0.4) is 0 Å². The van der Waals surface area contributed by atoms with Crippen LogP contribution in [-0.4, -0.2) is 48.3 Å². The van der Waals surface area contributed by atoms with Crippen molar-refractivity contribution in [3.63, 3.8) is 0 Å². The lowest BCUT2D eigenvalue weighted by atomic mass is 10.0. The van der Waals surface area contributed by atoms with Crippen LogP contribution >= 0.6 is 22.6 Å². The number of benzene rings is 2. The molecule has 2 aromatic carbocycles. The highest BCUT2D eigenvalue weighted by molar-refractivity contribution is 14.1. The van der Waals surface area contributed by atoms with Crippen LogP contribution in [0.15, 0.2) is 42.5 Å². The molecule has 0 unspecified atom stereocenters. The molecule has 0 saturated carbocycles. The van der Waals surface area contributed by atoms with Crippen LogP contribution in [0.2, 0.25) is 0 Å². The lowest BCUT2D eigenvalue weighted by molar-refractivity contribution is -0.141. The molecule has 3 rings (SSSR count). The van der Waals surface area contributed by atoms with E-state index in [9.17, 15) is 22.8 Å². The minimum absolute atomic E-state index is 0.0102. The Morgan fingerprint density at radius 3 is 2.60 bits per heavy atom. The van der Waals surface area contributed by atoms with Gasteiger partial charge in [-0.05, 0) is 65.0 Å². The number of hydrogen-bond donors (Lipinski definition) is 1. The molecule has 2 amide bonds. The Labute approximate surface area is 186 Å². The molecule has 1 aliphatic heterocycles. The van der Waals surface area contributed by atoms with Crippen molar-refractivity contribution < 1.29 is 22.8 Å². The molecule has 1 N–H and O–H groups in total. The summed E-state index contributed by atoms with van der Waals surface area (Å²) in [7, 11) is 1.80. The Morgan fingerprint density at radius 2 is 1.93 bits per heavy atom. The number of piperazine rings is 1. The highest BCUT2D eigenvalue weighted by Crippen LogP contribution is 2.34. The van der Waals surface area contributed by atoms with E-state index in [-0.39, 0.29) is 36.7 Å². The van der Waals surface area contributed by atoms with Gasteiger partial charge < -0.3 is 10.2 Å². The van der Waals surface area contributed by atoms with Crippen molar-refractivity contribution in [2.75, 3.05) is 32.0 Å². The number of rotatable bonds is 5. The first-order valence-electron chi connectivity index (χ1n) is 9.32. The van der Waals surface area contributed by atoms with Crippen LogP contribution in [0.1, 0.15) is 16.7 Å². The third-order valence-electron chi connectivity index (χ3n) is 4.82. The maximum Gasteiger partial charge on any atom is 0.416 e. The number of hydrogen-bond acceptors (Lipinski definition) is 3. The molecule has 1 aliphatic rings. The summed E-state index contributed by atoms with van der Waals surface area (Å²) < 4.78 is 41.9. The first-order chi connectivity index (χ1) is 14.1. The van der Waals surface area contributed by atoms with Gasteiger partial charge >= 0.3 is 6.18 Å². The quantitative estimate of drug-likeness (QED) is 0.599. The number of likely N-dealkylation sites (N-methyl/N-ethyl adjacent to an activating group) is 1. The van der Waals surface area contributed by atoms with E-state index in [4.69, 9.17) is 0 Å². The summed E-state index contributed by atoms with van der Waals surface area (Å²) in [5.74, 6) is -0.598. The second-order valence-corrected chi connectivity index (χ2v) is 8.52. The SMILES string of the molecule is CN1CCN(Cc2ccc(NC(=O)Cc3cccc(I)c3)cc2C(F)(F)F)C(=O)C1. The van der Waals surface area contributed by atoms with Crippen molar-refractivity contribution in [1.82, 2.24) is 9.80 Å². The molecule has 1 heterocycles. The van der Waals surface area contributed by atoms with Crippen molar-refractivity contribution >= 4 is 40.1 Å². The fourth-order valence-electron chi connectivity index (χ4n) is 3.29. The number of amides is 2. The van der Waals surface area contributed by atoms with E-state index in [1.54, 1.807) is 13.1 Å². The third-order valence-corrected chi connectivity index (χ3v) is 5.49. The van der Waals surface area contributed by atoms with E-state index in [2.05, 4.69) is 27.9 Å². The maximum atomic E-state index is 13.6. The van der Waals surface area contributed by atoms with E-state index in [1.165, 1.54) is 17.0 Å². The molecule has 5 nitrogen and oxygen atoms in total. The van der Waals surface area contributed by atoms with Crippen molar-refractivity contribution in [2.24, 2.45) is 0 Å². The molecule has 1 fully saturated rings. The van der Waals surface area contributed by atoms with E-state index >= 15 is 0 Å². The summed E-state index contributed by atoms with van der Waals surface area (Å²) in [5, 5.41) is 2.54. The highest BCUT2D eigenvalue weighted by atomic mass is 127. The standard InChI is InChI=1S/C21H21F3IN3O2/c1-27-7-8-28(20(30)13-27)12-15-5-6-17(11-18(15)21(22,23)24)26-19(29)10-14-3-2-4-16(25)9-14/h2-6,9,11H,7-8,10,12-13H2,1H3,(H,26,29). The van der Waals surface area contributed by atoms with E-state index in [0.29, 0.717) is 13.1 Å². The van der Waals surface area contributed by atoms with Gasteiger partial charge in [0.25, 0.3) is 0 Å². The number of anilines is 1. The van der Waals surface area contributed by atoms with Gasteiger partial charge in [0, 0.05) is 28.9 Å². The average molecular weight is 531 g/mol. The summed E-state index contributed by atoms with van der Waals surface area (Å²) in [6, 6.07) is 11.0. The molecule has 2 aromatic rings. The van der Waals surface area contributed by atoms with Crippen LogP contribution in [0.5, 0.6) is 0 Å². The van der Waals surface area contributed by atoms with Gasteiger partial charge in [0.2, 0.25) is 11.8 Å². The number of halogens is 4. The zero-order valence-corrected chi connectivity index (χ0v) is 18.5. The minimum atomic E-state index is -4.60. The molecule has 160 valence electrons. The molecule has 0 atom stereocenters. The number of carbonyl (C=O) groups excluding carboxylic acids is 2. The van der Waals surface area contributed by atoms with Crippen molar-refractivity contribution in [3.8, 4) is 0 Å². The minimum Gasteiger partial charge on any atom is -0.336 e. The zero-order chi connectivity index (χ0) is 21.9. The van der Waals surface area contributed by atoms with E-state index in [0.717, 1.165) is 15.2 Å². The lowest BCUT2D eigenvalue weighted by Gasteiger charge is -2.32. The summed E-state index contributed by atoms with van der Waals surface area (Å²) >= 11 is 2.13. The zero-order valence-electron chi connectivity index (χ0n) is 16.3. The van der Waals surface area contributed by atoms with Crippen molar-refractivity contribution in [1.29, 1.82) is 0 Å². The molecule has 0 radical (unpaired) electrons. The molecule has 30 heavy (non-hydrogen) atoms. The van der Waals surface area contributed by atoms with E-state index < -0.39 is 17.6 Å². The molecule has 9 heteroatoms. The first kappa shape index (κ1) is 22.5. The normalized spacial score (nSPS) is 15.4. The van der Waals surface area contributed by atoms with Crippen molar-refractivity contribution in [3.05, 3.63) is 62.7 Å². The van der Waals surface area contributed by atoms with Crippen LogP contribution in [-0.2, 0) is 28.7 Å². The van der Waals surface area contributed by atoms with Gasteiger partial charge in [-0.25, -0.2) is 0 Å². The van der Waals surface area contributed by atoms with Gasteiger partial charge in [0.1, 0.15) is 0 Å². The molecular formula is C21H21F3IN3O2. The van der Waals surface area contributed by atoms with Gasteiger partial charge in [0.15, 0.2) is 0 Å². The summed E-state index contributed by atoms with van der Waals surface area (Å²) in [6.45, 7) is 1.06. The molecule has 0 spiro atoms. The second kappa shape index (κ2) is 9.34. The summed E-state index contributed by atoms with van der Waals surface area (Å²) in [4.78, 5) is 27.7. The van der Waals surface area contributed by atoms with Crippen molar-refractivity contribution in [2.45, 2.75) is 19.1 Å². The summed E-state index contributed by atoms with van der Waals surface area (Å²) in [5.41, 5.74) is 0.0179. The summed E-state index contributed by atoms with van der Waals surface area (Å²) in [6.07, 6.45) is -4.53.